The number of aromatic hydroxyl groups is 4. The number of nitrogens with zero attached hydrogens (tertiary/aromatic N) is 1. The minimum atomic E-state index is -2.56. The van der Waals surface area contributed by atoms with E-state index in [0.717, 1.165) is 17.1 Å². The number of ketones is 3. The van der Waals surface area contributed by atoms with Crippen LogP contribution in [0.2, 0.25) is 0 Å². The van der Waals surface area contributed by atoms with Gasteiger partial charge in [0.05, 0.1) is 61.9 Å². The Morgan fingerprint density at radius 3 is 1.55 bits per heavy atom. The van der Waals surface area contributed by atoms with Crippen molar-refractivity contribution in [1.82, 2.24) is 58.1 Å². The minimum absolute atomic E-state index is 0.0301. The number of carbonyl (C=O) groups is 13. The molecule has 41 heteroatoms. The zero-order valence-corrected chi connectivity index (χ0v) is 63.7. The van der Waals surface area contributed by atoms with Crippen molar-refractivity contribution in [1.29, 1.82) is 10.8 Å². The van der Waals surface area contributed by atoms with Gasteiger partial charge in [-0.3, -0.25) is 78.0 Å². The molecular formula is C76H97N15O26. The lowest BCUT2D eigenvalue weighted by Crippen LogP contribution is -2.62. The summed E-state index contributed by atoms with van der Waals surface area (Å²) in [5.74, 6) is -15.9. The summed E-state index contributed by atoms with van der Waals surface area (Å²) in [6, 6.07) is 0.739. The molecule has 0 unspecified atom stereocenters. The fourth-order valence-electron chi connectivity index (χ4n) is 13.8. The summed E-state index contributed by atoms with van der Waals surface area (Å²) in [5, 5.41) is 149. The van der Waals surface area contributed by atoms with E-state index in [1.807, 2.05) is 0 Å². The van der Waals surface area contributed by atoms with Crippen molar-refractivity contribution in [2.24, 2.45) is 11.5 Å². The Balaban J connectivity index is 0.973. The van der Waals surface area contributed by atoms with Gasteiger partial charge in [-0.15, -0.1) is 0 Å². The van der Waals surface area contributed by atoms with Gasteiger partial charge in [-0.2, -0.15) is 0 Å². The van der Waals surface area contributed by atoms with Gasteiger partial charge in [-0.05, 0) is 86.9 Å². The van der Waals surface area contributed by atoms with E-state index in [9.17, 15) is 113 Å². The molecule has 41 nitrogen and oxygen atoms in total. The van der Waals surface area contributed by atoms with Crippen molar-refractivity contribution in [3.05, 3.63) is 123 Å². The summed E-state index contributed by atoms with van der Waals surface area (Å²) < 4.78 is 17.7. The number of hydrogen-bond donors (Lipinski definition) is 24. The van der Waals surface area contributed by atoms with E-state index >= 15 is 0 Å². The van der Waals surface area contributed by atoms with E-state index < -0.39 is 248 Å². The van der Waals surface area contributed by atoms with Gasteiger partial charge in [0.2, 0.25) is 53.0 Å². The Kier molecular flexibility index (Phi) is 31.9. The second kappa shape index (κ2) is 41.4. The van der Waals surface area contributed by atoms with Crippen LogP contribution in [0, 0.1) is 10.8 Å². The molecule has 0 bridgehead atoms. The minimum Gasteiger partial charge on any atom is -0.508 e. The molecule has 13 atom stereocenters. The zero-order valence-electron chi connectivity index (χ0n) is 63.7. The first-order valence-corrected chi connectivity index (χ1v) is 37.4. The summed E-state index contributed by atoms with van der Waals surface area (Å²) in [5.41, 5.74) is 6.30. The quantitative estimate of drug-likeness (QED) is 0.00570. The number of aliphatic hydroxyl groups is 6. The molecule has 4 aromatic rings. The number of phenolic OH excluding ortho intramolecular Hbond substituents is 4. The number of nitrogens with one attached hydrogen (secondary N) is 12. The van der Waals surface area contributed by atoms with E-state index in [0.29, 0.717) is 12.8 Å². The third-order valence-electron chi connectivity index (χ3n) is 20.0. The molecule has 2 aliphatic heterocycles. The molecule has 1 fully saturated rings. The lowest BCUT2D eigenvalue weighted by molar-refractivity contribution is -0.249. The Bertz CT molecular complexity index is 4420. The van der Waals surface area contributed by atoms with Crippen LogP contribution < -0.4 is 69.4 Å². The molecule has 0 radical (unpaired) electrons. The number of methoxy groups -OCH3 is 1. The van der Waals surface area contributed by atoms with Crippen molar-refractivity contribution < 1.29 is 128 Å². The van der Waals surface area contributed by atoms with E-state index in [1.165, 1.54) is 80.8 Å². The highest BCUT2D eigenvalue weighted by Gasteiger charge is 2.51. The molecule has 2 aliphatic carbocycles. The van der Waals surface area contributed by atoms with Gasteiger partial charge < -0.3 is 130 Å². The number of ether oxygens (including phenoxy) is 3. The summed E-state index contributed by atoms with van der Waals surface area (Å²) in [7, 11) is 1.23. The average Bonchev–Trinajstić information content (AvgIpc) is 0.974. The van der Waals surface area contributed by atoms with E-state index in [1.54, 1.807) is 0 Å². The van der Waals surface area contributed by atoms with Gasteiger partial charge in [0.1, 0.15) is 89.4 Å². The van der Waals surface area contributed by atoms with Crippen LogP contribution in [-0.4, -0.2) is 270 Å². The molecule has 0 spiro atoms. The Morgan fingerprint density at radius 2 is 1.06 bits per heavy atom. The van der Waals surface area contributed by atoms with Crippen molar-refractivity contribution in [3.8, 4) is 28.7 Å². The van der Waals surface area contributed by atoms with Gasteiger partial charge in [-0.25, -0.2) is 0 Å². The van der Waals surface area contributed by atoms with Crippen molar-refractivity contribution in [3.63, 3.8) is 0 Å². The van der Waals surface area contributed by atoms with Crippen molar-refractivity contribution in [2.45, 2.75) is 169 Å². The maximum atomic E-state index is 14.8. The van der Waals surface area contributed by atoms with Crippen molar-refractivity contribution in [2.75, 3.05) is 53.2 Å². The van der Waals surface area contributed by atoms with Gasteiger partial charge in [-0.1, -0.05) is 42.8 Å². The predicted octanol–water partition coefficient (Wildman–Crippen LogP) is -5.56. The first-order chi connectivity index (χ1) is 55.6. The SMILES string of the molecule is COc1cccc2c1C(=O)c1c(O)c3c(c(O)c1C2=O)C[C@@](O)(C(=O)CO)C[C@@H]3O[C@@H]1C[C@@H](NC(=O)[C@H](CCCNC(=N)N)NC(=O)[C@H](CO)NC(=O)[C@H](Cc2ccc(O)cc2)NC(=O)[C@H](Cc2ccc(O)cc2)NC(=O)[C@H](CO)NC(=O)[C@H](CO)NC(=O)[C@H](CCCNC(=N)N)NC(=O)CCCCCN2C(=O)C=CC2=O)[C@@H](O)[C@@H](C)O1. The molecule has 0 saturated carbocycles. The van der Waals surface area contributed by atoms with Crippen molar-refractivity contribution >= 4 is 88.3 Å². The van der Waals surface area contributed by atoms with Gasteiger partial charge in [0.25, 0.3) is 11.8 Å². The second-order valence-electron chi connectivity index (χ2n) is 28.3. The maximum absolute atomic E-state index is 14.8. The lowest BCUT2D eigenvalue weighted by Gasteiger charge is -2.43. The fourth-order valence-corrected chi connectivity index (χ4v) is 13.8. The maximum Gasteiger partial charge on any atom is 0.253 e. The first-order valence-electron chi connectivity index (χ1n) is 37.4. The molecule has 0 aromatic heterocycles. The summed E-state index contributed by atoms with van der Waals surface area (Å²) >= 11 is 0. The number of phenols is 4. The van der Waals surface area contributed by atoms with Crippen LogP contribution in [0.4, 0.5) is 0 Å². The summed E-state index contributed by atoms with van der Waals surface area (Å²) in [4.78, 5) is 180. The second-order valence-corrected chi connectivity index (χ2v) is 28.3. The third-order valence-corrected chi connectivity index (χ3v) is 20.0. The molecule has 4 aromatic carbocycles. The lowest BCUT2D eigenvalue weighted by atomic mass is 9.72. The monoisotopic (exact) mass is 1640 g/mol. The summed E-state index contributed by atoms with van der Waals surface area (Å²) in [6.07, 6.45) is -6.23. The molecule has 117 heavy (non-hydrogen) atoms. The fraction of sp³-hybridized carbons (Fsp3) is 0.461. The molecule has 8 rings (SSSR count). The zero-order chi connectivity index (χ0) is 85.7. The molecular weight excluding hydrogens is 1540 g/mol. The van der Waals surface area contributed by atoms with Crippen LogP contribution >= 0.6 is 0 Å². The normalized spacial score (nSPS) is 19.7. The van der Waals surface area contributed by atoms with Crippen LogP contribution in [0.1, 0.15) is 131 Å². The first kappa shape index (κ1) is 90.3. The highest BCUT2D eigenvalue weighted by molar-refractivity contribution is 6.31. The molecule has 1 saturated heterocycles. The molecule has 4 aliphatic rings. The number of guanidine groups is 2. The van der Waals surface area contributed by atoms with Gasteiger partial charge in [0, 0.05) is 87.0 Å². The van der Waals surface area contributed by atoms with Gasteiger partial charge in [0.15, 0.2) is 29.8 Å². The third kappa shape index (κ3) is 23.3. The Morgan fingerprint density at radius 1 is 0.590 bits per heavy atom. The van der Waals surface area contributed by atoms with Crippen LogP contribution in [0.15, 0.2) is 78.9 Å². The van der Waals surface area contributed by atoms with E-state index in [4.69, 9.17) is 36.5 Å². The number of amides is 10. The number of unbranched alkanes of at least 4 members (excludes halogenated alkanes) is 2. The van der Waals surface area contributed by atoms with Crippen LogP contribution in [0.3, 0.4) is 0 Å². The Hall–Kier alpha value is -12.2. The Labute approximate surface area is 668 Å². The molecule has 632 valence electrons. The molecule has 2 heterocycles. The smallest absolute Gasteiger partial charge is 0.253 e. The molecule has 26 N–H and O–H groups in total. The number of rotatable bonds is 41. The predicted molar refractivity (Wildman–Crippen MR) is 407 cm³/mol. The molecule has 10 amide bonds. The van der Waals surface area contributed by atoms with Crippen LogP contribution in [-0.2, 0) is 81.5 Å². The van der Waals surface area contributed by atoms with Crippen LogP contribution in [0.25, 0.3) is 0 Å². The number of imide groups is 1. The number of aliphatic hydroxyl groups excluding tert-OH is 5. The highest BCUT2D eigenvalue weighted by atomic mass is 16.7. The van der Waals surface area contributed by atoms with Crippen LogP contribution in [0.5, 0.6) is 28.7 Å². The average molecular weight is 1640 g/mol. The number of Topliss-reactive ketones (excluding diaryl/α,β-unsaturated/α-hetero) is 1. The number of nitrogens with two attached hydrogens (primary N) is 2. The van der Waals surface area contributed by atoms with E-state index in [-0.39, 0.29) is 109 Å². The van der Waals surface area contributed by atoms with E-state index in [2.05, 4.69) is 53.2 Å². The summed E-state index contributed by atoms with van der Waals surface area (Å²) in [6.45, 7) is -3.25. The topological polar surface area (TPSA) is 675 Å². The highest BCUT2D eigenvalue weighted by Crippen LogP contribution is 2.53. The number of carbonyl (C=O) groups excluding carboxylic acids is 13. The standard InChI is InChI=1S/C76H97N15O26/c1-36-62(102)45(29-57(116-36)117-52-31-76(114,53(98)35-95)30-42-59(52)66(106)61-60(64(42)104)63(103)41-9-6-12-51(115-2)58(41)65(61)105)85-68(108)44(11-8-25-82-75(79)80)84-71(111)48(32-92)89-70(110)47(28-38-16-20-40(97)21-17-38)86-69(109)46(27-37-14-18-39(96)19-15-37)87-72(112)49(33-93)90-73(113)50(34-94)88-67(107)43(10-7-24-81-74(77)78)83-54(99)13-4-3-5-26-91-55(100)22-23-56(91)101/h6,9,12,14-23,36,43-50,52,57,62,92-97,102,104,106,114H,3-5,7-8,10-11,13,24-35H2,1-2H3,(H,83,99)(H,84,111)(H,85,108)(H,86,109)(H,87,112)(H,88,107)(H,89,110)(H,90,113)(H4,77,78,81)(H4,79,80,82)/t36-,43+,44+,45-,46+,47+,48+,49+,50+,52+,57-,62+,76+/m1/s1. The number of fused-ring (bicyclic) bond motifs is 3. The van der Waals surface area contributed by atoms with Gasteiger partial charge >= 0.3 is 0 Å². The number of benzene rings is 4. The largest absolute Gasteiger partial charge is 0.508 e. The number of hydrogen-bond acceptors (Lipinski definition) is 28.